The highest BCUT2D eigenvalue weighted by atomic mass is 16.7. The smallest absolute Gasteiger partial charge is 0.302 e. The van der Waals surface area contributed by atoms with E-state index in [9.17, 15) is 9.59 Å². The van der Waals surface area contributed by atoms with Crippen LogP contribution in [0.4, 0.5) is 0 Å². The third-order valence-electron chi connectivity index (χ3n) is 3.34. The van der Waals surface area contributed by atoms with Crippen LogP contribution in [-0.2, 0) is 28.5 Å². The molecule has 0 aromatic heterocycles. The van der Waals surface area contributed by atoms with E-state index >= 15 is 0 Å². The quantitative estimate of drug-likeness (QED) is 0.518. The summed E-state index contributed by atoms with van der Waals surface area (Å²) in [5.74, 6) is -1.48. The minimum atomic E-state index is -0.750. The molecule has 0 radical (unpaired) electrons. The Bertz CT molecular complexity index is 310. The van der Waals surface area contributed by atoms with Crippen LogP contribution in [0.25, 0.3) is 0 Å². The van der Waals surface area contributed by atoms with Crippen molar-refractivity contribution in [1.82, 2.24) is 0 Å². The highest BCUT2D eigenvalue weighted by Crippen LogP contribution is 2.47. The first kappa shape index (κ1) is 14.9. The van der Waals surface area contributed by atoms with Crippen LogP contribution in [0.1, 0.15) is 20.3 Å². The summed E-state index contributed by atoms with van der Waals surface area (Å²) in [7, 11) is 3.10. The van der Waals surface area contributed by atoms with Crippen molar-refractivity contribution >= 4 is 11.9 Å². The molecule has 0 amide bonds. The lowest BCUT2D eigenvalue weighted by atomic mass is 9.68. The summed E-state index contributed by atoms with van der Waals surface area (Å²) in [5.41, 5.74) is 0. The number of methoxy groups -OCH3 is 2. The van der Waals surface area contributed by atoms with Gasteiger partial charge in [0.05, 0.1) is 19.1 Å². The molecule has 0 aromatic carbocycles. The van der Waals surface area contributed by atoms with Gasteiger partial charge in [-0.15, -0.1) is 0 Å². The maximum absolute atomic E-state index is 10.9. The fourth-order valence-electron chi connectivity index (χ4n) is 2.28. The Kier molecular flexibility index (Phi) is 5.10. The summed E-state index contributed by atoms with van der Waals surface area (Å²) in [6.07, 6.45) is 0.610. The van der Waals surface area contributed by atoms with Crippen LogP contribution in [0.3, 0.4) is 0 Å². The van der Waals surface area contributed by atoms with Gasteiger partial charge in [0, 0.05) is 40.4 Å². The molecule has 0 aliphatic heterocycles. The Morgan fingerprint density at radius 1 is 1.06 bits per heavy atom. The lowest BCUT2D eigenvalue weighted by Gasteiger charge is -2.51. The van der Waals surface area contributed by atoms with Crippen LogP contribution in [0.5, 0.6) is 0 Å². The van der Waals surface area contributed by atoms with E-state index in [0.717, 1.165) is 0 Å². The van der Waals surface area contributed by atoms with Crippen molar-refractivity contribution in [1.29, 1.82) is 0 Å². The summed E-state index contributed by atoms with van der Waals surface area (Å²) >= 11 is 0. The molecule has 1 rings (SSSR count). The number of hydrogen-bond donors (Lipinski definition) is 0. The van der Waals surface area contributed by atoms with E-state index in [0.29, 0.717) is 6.42 Å². The first-order valence-electron chi connectivity index (χ1n) is 5.82. The predicted molar refractivity (Wildman–Crippen MR) is 61.6 cm³/mol. The van der Waals surface area contributed by atoms with Crippen LogP contribution < -0.4 is 0 Å². The number of carbonyl (C=O) groups is 2. The van der Waals surface area contributed by atoms with Gasteiger partial charge in [0.2, 0.25) is 0 Å². The molecule has 0 N–H and O–H groups in total. The maximum atomic E-state index is 10.9. The van der Waals surface area contributed by atoms with Gasteiger partial charge in [0.15, 0.2) is 5.79 Å². The van der Waals surface area contributed by atoms with Crippen LogP contribution in [0.15, 0.2) is 0 Å². The standard InChI is InChI=1S/C12H20O6/c1-8(13)17-6-10-5-12(15-3,16-4)11(10)7-18-9(2)14/h10-11H,5-7H2,1-4H3/t10-,11-/m1/s1. The van der Waals surface area contributed by atoms with Gasteiger partial charge in [-0.25, -0.2) is 0 Å². The minimum Gasteiger partial charge on any atom is -0.466 e. The van der Waals surface area contributed by atoms with Gasteiger partial charge in [0.1, 0.15) is 0 Å². The molecular formula is C12H20O6. The second-order valence-electron chi connectivity index (χ2n) is 4.40. The lowest BCUT2D eigenvalue weighted by Crippen LogP contribution is -2.59. The molecule has 1 aliphatic rings. The molecule has 0 heterocycles. The second kappa shape index (κ2) is 6.15. The Balaban J connectivity index is 2.59. The van der Waals surface area contributed by atoms with Crippen molar-refractivity contribution in [3.8, 4) is 0 Å². The molecule has 18 heavy (non-hydrogen) atoms. The number of rotatable bonds is 6. The fourth-order valence-corrected chi connectivity index (χ4v) is 2.28. The van der Waals surface area contributed by atoms with Gasteiger partial charge in [-0.3, -0.25) is 9.59 Å². The third-order valence-corrected chi connectivity index (χ3v) is 3.34. The van der Waals surface area contributed by atoms with E-state index in [4.69, 9.17) is 18.9 Å². The Morgan fingerprint density at radius 3 is 2.00 bits per heavy atom. The average molecular weight is 260 g/mol. The number of hydrogen-bond acceptors (Lipinski definition) is 6. The summed E-state index contributed by atoms with van der Waals surface area (Å²) in [6, 6.07) is 0. The summed E-state index contributed by atoms with van der Waals surface area (Å²) in [5, 5.41) is 0. The molecule has 104 valence electrons. The first-order valence-corrected chi connectivity index (χ1v) is 5.82. The molecule has 2 atom stereocenters. The number of esters is 2. The van der Waals surface area contributed by atoms with Crippen molar-refractivity contribution in [3.63, 3.8) is 0 Å². The van der Waals surface area contributed by atoms with E-state index in [2.05, 4.69) is 0 Å². The molecular weight excluding hydrogens is 240 g/mol. The molecule has 0 saturated heterocycles. The van der Waals surface area contributed by atoms with Gasteiger partial charge in [0.25, 0.3) is 0 Å². The van der Waals surface area contributed by atoms with Crippen LogP contribution in [-0.4, -0.2) is 45.2 Å². The average Bonchev–Trinajstić information content (AvgIpc) is 2.28. The minimum absolute atomic E-state index is 0.0770. The number of ether oxygens (including phenoxy) is 4. The van der Waals surface area contributed by atoms with Gasteiger partial charge in [-0.05, 0) is 0 Å². The molecule has 6 nitrogen and oxygen atoms in total. The highest BCUT2D eigenvalue weighted by molar-refractivity contribution is 5.66. The molecule has 6 heteroatoms. The molecule has 0 unspecified atom stereocenters. The highest BCUT2D eigenvalue weighted by Gasteiger charge is 2.56. The largest absolute Gasteiger partial charge is 0.466 e. The van der Waals surface area contributed by atoms with E-state index in [1.165, 1.54) is 13.8 Å². The normalized spacial score (nSPS) is 25.1. The van der Waals surface area contributed by atoms with Gasteiger partial charge < -0.3 is 18.9 Å². The van der Waals surface area contributed by atoms with Crippen molar-refractivity contribution < 1.29 is 28.5 Å². The second-order valence-corrected chi connectivity index (χ2v) is 4.40. The molecule has 1 aliphatic carbocycles. The van der Waals surface area contributed by atoms with Crippen molar-refractivity contribution in [2.45, 2.75) is 26.1 Å². The van der Waals surface area contributed by atoms with E-state index in [-0.39, 0.29) is 37.0 Å². The predicted octanol–water partition coefficient (Wildman–Crippen LogP) is 0.738. The van der Waals surface area contributed by atoms with Crippen LogP contribution in [0, 0.1) is 11.8 Å². The Hall–Kier alpha value is -1.14. The maximum Gasteiger partial charge on any atom is 0.302 e. The Labute approximate surface area is 107 Å². The lowest BCUT2D eigenvalue weighted by molar-refractivity contribution is -0.320. The van der Waals surface area contributed by atoms with Gasteiger partial charge in [-0.2, -0.15) is 0 Å². The monoisotopic (exact) mass is 260 g/mol. The first-order chi connectivity index (χ1) is 8.45. The van der Waals surface area contributed by atoms with Gasteiger partial charge in [-0.1, -0.05) is 0 Å². The topological polar surface area (TPSA) is 71.1 Å². The molecule has 1 saturated carbocycles. The zero-order valence-corrected chi connectivity index (χ0v) is 11.2. The summed E-state index contributed by atoms with van der Waals surface area (Å²) in [4.78, 5) is 21.7. The van der Waals surface area contributed by atoms with E-state index in [1.807, 2.05) is 0 Å². The van der Waals surface area contributed by atoms with E-state index in [1.54, 1.807) is 14.2 Å². The third kappa shape index (κ3) is 3.20. The SMILES string of the molecule is COC1(OC)C[C@H](COC(C)=O)[C@H]1COC(C)=O. The summed E-state index contributed by atoms with van der Waals surface area (Å²) in [6.45, 7) is 3.19. The van der Waals surface area contributed by atoms with Crippen LogP contribution >= 0.6 is 0 Å². The van der Waals surface area contributed by atoms with Crippen molar-refractivity contribution in [2.24, 2.45) is 11.8 Å². The fraction of sp³-hybridized carbons (Fsp3) is 0.833. The zero-order valence-electron chi connectivity index (χ0n) is 11.2. The van der Waals surface area contributed by atoms with E-state index < -0.39 is 5.79 Å². The number of carbonyl (C=O) groups excluding carboxylic acids is 2. The molecule has 0 aromatic rings. The molecule has 0 bridgehead atoms. The van der Waals surface area contributed by atoms with Crippen molar-refractivity contribution in [3.05, 3.63) is 0 Å². The molecule has 0 spiro atoms. The molecule has 1 fully saturated rings. The van der Waals surface area contributed by atoms with Crippen molar-refractivity contribution in [2.75, 3.05) is 27.4 Å². The Morgan fingerprint density at radius 2 is 1.56 bits per heavy atom. The summed E-state index contributed by atoms with van der Waals surface area (Å²) < 4.78 is 20.7. The zero-order chi connectivity index (χ0) is 13.8. The van der Waals surface area contributed by atoms with Gasteiger partial charge >= 0.3 is 11.9 Å². The van der Waals surface area contributed by atoms with Crippen LogP contribution in [0.2, 0.25) is 0 Å².